The van der Waals surface area contributed by atoms with Gasteiger partial charge in [0.25, 0.3) is 5.91 Å². The zero-order valence-corrected chi connectivity index (χ0v) is 14.1. The Morgan fingerprint density at radius 1 is 1.40 bits per heavy atom. The van der Waals surface area contributed by atoms with Gasteiger partial charge in [-0.25, -0.2) is 4.98 Å². The van der Waals surface area contributed by atoms with E-state index in [9.17, 15) is 14.4 Å². The third-order valence-electron chi connectivity index (χ3n) is 3.52. The topological polar surface area (TPSA) is 118 Å². The number of anilines is 2. The van der Waals surface area contributed by atoms with Crippen LogP contribution in [0, 0.1) is 0 Å². The highest BCUT2D eigenvalue weighted by atomic mass is 32.1. The number of carboxylic acid groups (broad SMARTS) is 1. The summed E-state index contributed by atoms with van der Waals surface area (Å²) in [6, 6.07) is 5.32. The van der Waals surface area contributed by atoms with Crippen LogP contribution in [0.4, 0.5) is 10.8 Å². The summed E-state index contributed by atoms with van der Waals surface area (Å²) in [6.07, 6.45) is -0.872. The van der Waals surface area contributed by atoms with Crippen LogP contribution in [0.25, 0.3) is 11.3 Å². The van der Waals surface area contributed by atoms with Crippen molar-refractivity contribution in [3.63, 3.8) is 0 Å². The molecule has 0 aliphatic carbocycles. The van der Waals surface area contributed by atoms with Crippen LogP contribution in [0.15, 0.2) is 23.6 Å². The van der Waals surface area contributed by atoms with E-state index in [2.05, 4.69) is 15.6 Å². The minimum Gasteiger partial charge on any atom is -0.481 e. The van der Waals surface area contributed by atoms with Crippen molar-refractivity contribution in [2.24, 2.45) is 0 Å². The predicted molar refractivity (Wildman–Crippen MR) is 91.8 cm³/mol. The first-order valence-corrected chi connectivity index (χ1v) is 8.39. The van der Waals surface area contributed by atoms with Gasteiger partial charge >= 0.3 is 5.97 Å². The normalized spacial score (nSPS) is 15.7. The molecule has 130 valence electrons. The van der Waals surface area contributed by atoms with Gasteiger partial charge in [-0.05, 0) is 25.1 Å². The van der Waals surface area contributed by atoms with Gasteiger partial charge in [-0.2, -0.15) is 0 Å². The molecule has 2 amide bonds. The maximum absolute atomic E-state index is 11.7. The second-order valence-electron chi connectivity index (χ2n) is 5.44. The van der Waals surface area contributed by atoms with Crippen molar-refractivity contribution in [3.8, 4) is 17.0 Å². The van der Waals surface area contributed by atoms with Gasteiger partial charge in [-0.3, -0.25) is 14.4 Å². The molecule has 0 saturated carbocycles. The molecule has 3 N–H and O–H groups in total. The summed E-state index contributed by atoms with van der Waals surface area (Å²) in [5.41, 5.74) is 1.97. The second kappa shape index (κ2) is 6.89. The van der Waals surface area contributed by atoms with Crippen LogP contribution >= 0.6 is 11.3 Å². The van der Waals surface area contributed by atoms with Gasteiger partial charge in [0, 0.05) is 17.4 Å². The van der Waals surface area contributed by atoms with Crippen molar-refractivity contribution < 1.29 is 24.2 Å². The summed E-state index contributed by atoms with van der Waals surface area (Å²) >= 11 is 1.24. The zero-order chi connectivity index (χ0) is 18.0. The number of carbonyl (C=O) groups is 3. The number of hydrogen-bond donors (Lipinski definition) is 3. The summed E-state index contributed by atoms with van der Waals surface area (Å²) in [5.74, 6) is -1.05. The predicted octanol–water partition coefficient (Wildman–Crippen LogP) is 2.33. The molecule has 1 atom stereocenters. The Bertz CT molecular complexity index is 848. The van der Waals surface area contributed by atoms with Crippen molar-refractivity contribution in [1.82, 2.24) is 4.98 Å². The number of rotatable bonds is 5. The first kappa shape index (κ1) is 16.9. The average molecular weight is 361 g/mol. The number of ether oxygens (including phenoxy) is 1. The Hall–Kier alpha value is -2.94. The van der Waals surface area contributed by atoms with Crippen LogP contribution in [0.2, 0.25) is 0 Å². The number of nitrogens with one attached hydrogen (secondary N) is 2. The quantitative estimate of drug-likeness (QED) is 0.752. The fourth-order valence-corrected chi connectivity index (χ4v) is 2.97. The molecule has 2 aromatic rings. The highest BCUT2D eigenvalue weighted by Gasteiger charge is 2.23. The molecule has 0 fully saturated rings. The third kappa shape index (κ3) is 3.94. The van der Waals surface area contributed by atoms with Crippen molar-refractivity contribution >= 4 is 39.9 Å². The van der Waals surface area contributed by atoms with Crippen LogP contribution < -0.4 is 15.4 Å². The third-order valence-corrected chi connectivity index (χ3v) is 4.28. The van der Waals surface area contributed by atoms with E-state index in [1.165, 1.54) is 11.3 Å². The molecule has 1 aliphatic heterocycles. The maximum atomic E-state index is 11.7. The van der Waals surface area contributed by atoms with Gasteiger partial charge < -0.3 is 20.5 Å². The number of amides is 2. The van der Waals surface area contributed by atoms with E-state index in [-0.39, 0.29) is 18.7 Å². The SMILES string of the molecule is CC1Oc2ccc(-c3csc(NC(=O)CCC(=O)O)n3)cc2NC1=O. The number of hydrogen-bond acceptors (Lipinski definition) is 6. The number of carboxylic acids is 1. The number of thiazole rings is 1. The van der Waals surface area contributed by atoms with E-state index in [1.54, 1.807) is 24.4 Å². The number of benzene rings is 1. The van der Waals surface area contributed by atoms with Gasteiger partial charge in [0.05, 0.1) is 17.8 Å². The molecule has 3 rings (SSSR count). The zero-order valence-electron chi connectivity index (χ0n) is 13.2. The first-order chi connectivity index (χ1) is 11.9. The van der Waals surface area contributed by atoms with Crippen molar-refractivity contribution in [2.45, 2.75) is 25.9 Å². The van der Waals surface area contributed by atoms with Crippen molar-refractivity contribution in [1.29, 1.82) is 0 Å². The Kier molecular flexibility index (Phi) is 4.66. The molecule has 1 aromatic heterocycles. The van der Waals surface area contributed by atoms with Crippen molar-refractivity contribution in [2.75, 3.05) is 10.6 Å². The van der Waals surface area contributed by atoms with Crippen LogP contribution in [0.5, 0.6) is 5.75 Å². The monoisotopic (exact) mass is 361 g/mol. The Balaban J connectivity index is 1.72. The Morgan fingerprint density at radius 3 is 2.96 bits per heavy atom. The number of fused-ring (bicyclic) bond motifs is 1. The summed E-state index contributed by atoms with van der Waals surface area (Å²) < 4.78 is 5.50. The molecule has 25 heavy (non-hydrogen) atoms. The van der Waals surface area contributed by atoms with E-state index < -0.39 is 18.0 Å². The number of nitrogens with zero attached hydrogens (tertiary/aromatic N) is 1. The largest absolute Gasteiger partial charge is 0.481 e. The number of aromatic nitrogens is 1. The van der Waals surface area contributed by atoms with Gasteiger partial charge in [0.1, 0.15) is 5.75 Å². The summed E-state index contributed by atoms with van der Waals surface area (Å²) in [6.45, 7) is 1.67. The molecular weight excluding hydrogens is 346 g/mol. The van der Waals surface area contributed by atoms with E-state index in [4.69, 9.17) is 9.84 Å². The average Bonchev–Trinajstić information content (AvgIpc) is 3.02. The molecular formula is C16H15N3O5S. The molecule has 0 spiro atoms. The summed E-state index contributed by atoms with van der Waals surface area (Å²) in [4.78, 5) is 38.1. The lowest BCUT2D eigenvalue weighted by Gasteiger charge is -2.23. The molecule has 2 heterocycles. The van der Waals surface area contributed by atoms with Crippen LogP contribution in [0.3, 0.4) is 0 Å². The number of carbonyl (C=O) groups excluding carboxylic acids is 2. The Morgan fingerprint density at radius 2 is 2.20 bits per heavy atom. The van der Waals surface area contributed by atoms with E-state index in [1.807, 2.05) is 6.07 Å². The lowest BCUT2D eigenvalue weighted by Crippen LogP contribution is -2.34. The minimum absolute atomic E-state index is 0.107. The molecule has 0 saturated heterocycles. The molecule has 0 radical (unpaired) electrons. The van der Waals surface area contributed by atoms with Crippen molar-refractivity contribution in [3.05, 3.63) is 23.6 Å². The molecule has 0 bridgehead atoms. The molecule has 1 aromatic carbocycles. The summed E-state index contributed by atoms with van der Waals surface area (Å²) in [7, 11) is 0. The molecule has 8 nitrogen and oxygen atoms in total. The fourth-order valence-electron chi connectivity index (χ4n) is 2.23. The molecule has 1 unspecified atom stereocenters. The van der Waals surface area contributed by atoms with Crippen LogP contribution in [-0.2, 0) is 14.4 Å². The van der Waals surface area contributed by atoms with E-state index in [0.717, 1.165) is 5.56 Å². The Labute approximate surface area is 146 Å². The van der Waals surface area contributed by atoms with Gasteiger partial charge in [0.2, 0.25) is 5.91 Å². The van der Waals surface area contributed by atoms with Gasteiger partial charge in [-0.1, -0.05) is 0 Å². The highest BCUT2D eigenvalue weighted by molar-refractivity contribution is 7.14. The van der Waals surface area contributed by atoms with Crippen LogP contribution in [0.1, 0.15) is 19.8 Å². The van der Waals surface area contributed by atoms with Crippen LogP contribution in [-0.4, -0.2) is 34.0 Å². The second-order valence-corrected chi connectivity index (χ2v) is 6.30. The lowest BCUT2D eigenvalue weighted by molar-refractivity contribution is -0.138. The van der Waals surface area contributed by atoms with Gasteiger partial charge in [0.15, 0.2) is 11.2 Å². The maximum Gasteiger partial charge on any atom is 0.303 e. The lowest BCUT2D eigenvalue weighted by atomic mass is 10.1. The van der Waals surface area contributed by atoms with E-state index >= 15 is 0 Å². The highest BCUT2D eigenvalue weighted by Crippen LogP contribution is 2.34. The van der Waals surface area contributed by atoms with Gasteiger partial charge in [-0.15, -0.1) is 11.3 Å². The summed E-state index contributed by atoms with van der Waals surface area (Å²) in [5, 5.41) is 16.1. The minimum atomic E-state index is -1.03. The smallest absolute Gasteiger partial charge is 0.303 e. The molecule has 9 heteroatoms. The molecule has 1 aliphatic rings. The number of aliphatic carboxylic acids is 1. The first-order valence-electron chi connectivity index (χ1n) is 7.51. The standard InChI is InChI=1S/C16H15N3O5S/c1-8-15(23)17-10-6-9(2-3-12(10)24-8)11-7-25-16(18-11)19-13(20)4-5-14(21)22/h2-3,6-8H,4-5H2,1H3,(H,17,23)(H,21,22)(H,18,19,20). The fraction of sp³-hybridized carbons (Fsp3) is 0.250. The van der Waals surface area contributed by atoms with E-state index in [0.29, 0.717) is 22.3 Å².